The number of unbranched alkanes of at least 4 members (excludes halogenated alkanes) is 15. The van der Waals surface area contributed by atoms with Gasteiger partial charge in [-0.2, -0.15) is 0 Å². The number of hydrogen-bond acceptors (Lipinski definition) is 1. The summed E-state index contributed by atoms with van der Waals surface area (Å²) in [6.45, 7) is 5.27. The Bertz CT molecular complexity index is 412. The second-order valence-electron chi connectivity index (χ2n) is 7.97. The Hall–Kier alpha value is -0.980. The third-order valence-corrected chi connectivity index (χ3v) is 5.26. The van der Waals surface area contributed by atoms with Gasteiger partial charge in [0.2, 0.25) is 0 Å². The maximum Gasteiger partial charge on any atom is 0.119 e. The molecule has 1 aromatic rings. The van der Waals surface area contributed by atoms with Crippen LogP contribution >= 0.6 is 0 Å². The highest BCUT2D eigenvalue weighted by molar-refractivity contribution is 5.27. The Morgan fingerprint density at radius 1 is 0.615 bits per heavy atom. The van der Waals surface area contributed by atoms with Gasteiger partial charge in [0.25, 0.3) is 0 Å². The first-order valence-corrected chi connectivity index (χ1v) is 11.5. The molecule has 0 unspecified atom stereocenters. The normalized spacial score (nSPS) is 11.0. The molecule has 0 aliphatic rings. The minimum atomic E-state index is 0.863. The molecule has 0 heterocycles. The highest BCUT2D eigenvalue weighted by atomic mass is 16.5. The van der Waals surface area contributed by atoms with Crippen LogP contribution in [0.15, 0.2) is 24.3 Å². The van der Waals surface area contributed by atoms with E-state index in [9.17, 15) is 0 Å². The molecule has 150 valence electrons. The summed E-state index contributed by atoms with van der Waals surface area (Å²) in [5.74, 6) is 1.02. The van der Waals surface area contributed by atoms with Crippen LogP contribution in [0.5, 0.6) is 5.75 Å². The molecule has 0 saturated carbocycles. The third kappa shape index (κ3) is 14.2. The summed E-state index contributed by atoms with van der Waals surface area (Å²) in [6.07, 6.45) is 22.6. The van der Waals surface area contributed by atoms with Gasteiger partial charge in [-0.15, -0.1) is 0 Å². The smallest absolute Gasteiger partial charge is 0.119 e. The SMILES string of the molecule is CCCCCCCCCCCCCCCCCCOc1cccc(C)c1. The van der Waals surface area contributed by atoms with Crippen molar-refractivity contribution in [1.29, 1.82) is 0 Å². The van der Waals surface area contributed by atoms with Gasteiger partial charge in [0.05, 0.1) is 6.61 Å². The molecule has 1 nitrogen and oxygen atoms in total. The van der Waals surface area contributed by atoms with Crippen LogP contribution in [0.1, 0.15) is 115 Å². The largest absolute Gasteiger partial charge is 0.494 e. The van der Waals surface area contributed by atoms with Gasteiger partial charge in [-0.25, -0.2) is 0 Å². The summed E-state index contributed by atoms with van der Waals surface area (Å²) in [4.78, 5) is 0. The monoisotopic (exact) mass is 360 g/mol. The van der Waals surface area contributed by atoms with Crippen molar-refractivity contribution < 1.29 is 4.74 Å². The average Bonchev–Trinajstić information content (AvgIpc) is 2.64. The van der Waals surface area contributed by atoms with E-state index < -0.39 is 0 Å². The lowest BCUT2D eigenvalue weighted by atomic mass is 10.0. The minimum Gasteiger partial charge on any atom is -0.494 e. The second-order valence-corrected chi connectivity index (χ2v) is 7.97. The summed E-state index contributed by atoms with van der Waals surface area (Å²) in [6, 6.07) is 8.35. The lowest BCUT2D eigenvalue weighted by Crippen LogP contribution is -1.97. The van der Waals surface area contributed by atoms with Crippen LogP contribution < -0.4 is 4.74 Å². The Morgan fingerprint density at radius 3 is 1.54 bits per heavy atom. The van der Waals surface area contributed by atoms with Crippen LogP contribution in [0.2, 0.25) is 0 Å². The maximum atomic E-state index is 5.81. The van der Waals surface area contributed by atoms with Gasteiger partial charge >= 0.3 is 0 Å². The molecule has 0 atom stereocenters. The van der Waals surface area contributed by atoms with Crippen molar-refractivity contribution in [3.8, 4) is 5.75 Å². The number of aryl methyl sites for hydroxylation is 1. The topological polar surface area (TPSA) is 9.23 Å². The molecule has 1 rings (SSSR count). The summed E-state index contributed by atoms with van der Waals surface area (Å²) in [5, 5.41) is 0. The van der Waals surface area contributed by atoms with Crippen LogP contribution in [-0.4, -0.2) is 6.61 Å². The Kier molecular flexibility index (Phi) is 15.5. The number of ether oxygens (including phenoxy) is 1. The molecular formula is C25H44O. The molecule has 0 aliphatic heterocycles. The van der Waals surface area contributed by atoms with Crippen molar-refractivity contribution in [3.05, 3.63) is 29.8 Å². The fraction of sp³-hybridized carbons (Fsp3) is 0.760. The van der Waals surface area contributed by atoms with Gasteiger partial charge in [0.1, 0.15) is 5.75 Å². The van der Waals surface area contributed by atoms with Crippen LogP contribution in [-0.2, 0) is 0 Å². The van der Waals surface area contributed by atoms with Gasteiger partial charge in [0, 0.05) is 0 Å². The summed E-state index contributed by atoms with van der Waals surface area (Å²) < 4.78 is 5.81. The summed E-state index contributed by atoms with van der Waals surface area (Å²) in [5.41, 5.74) is 1.27. The average molecular weight is 361 g/mol. The molecule has 0 spiro atoms. The predicted molar refractivity (Wildman–Crippen MR) is 116 cm³/mol. The Labute approximate surface area is 163 Å². The zero-order valence-electron chi connectivity index (χ0n) is 17.7. The first-order valence-electron chi connectivity index (χ1n) is 11.5. The van der Waals surface area contributed by atoms with Gasteiger partial charge in [-0.05, 0) is 31.0 Å². The predicted octanol–water partition coefficient (Wildman–Crippen LogP) is 8.64. The van der Waals surface area contributed by atoms with E-state index in [4.69, 9.17) is 4.74 Å². The Balaban J connectivity index is 1.73. The molecule has 26 heavy (non-hydrogen) atoms. The molecule has 0 bridgehead atoms. The van der Waals surface area contributed by atoms with E-state index in [0.717, 1.165) is 12.4 Å². The molecule has 1 heteroatoms. The molecule has 0 saturated heterocycles. The van der Waals surface area contributed by atoms with E-state index in [1.807, 2.05) is 0 Å². The third-order valence-electron chi connectivity index (χ3n) is 5.26. The molecule has 0 aromatic heterocycles. The van der Waals surface area contributed by atoms with E-state index in [1.54, 1.807) is 0 Å². The van der Waals surface area contributed by atoms with Crippen LogP contribution in [0.25, 0.3) is 0 Å². The van der Waals surface area contributed by atoms with Crippen LogP contribution in [0.3, 0.4) is 0 Å². The van der Waals surface area contributed by atoms with E-state index >= 15 is 0 Å². The fourth-order valence-electron chi connectivity index (χ4n) is 3.55. The first-order chi connectivity index (χ1) is 12.8. The minimum absolute atomic E-state index is 0.863. The van der Waals surface area contributed by atoms with Crippen molar-refractivity contribution in [3.63, 3.8) is 0 Å². The van der Waals surface area contributed by atoms with E-state index in [2.05, 4.69) is 38.1 Å². The van der Waals surface area contributed by atoms with Gasteiger partial charge < -0.3 is 4.74 Å². The van der Waals surface area contributed by atoms with Crippen molar-refractivity contribution in [2.75, 3.05) is 6.61 Å². The van der Waals surface area contributed by atoms with Crippen molar-refractivity contribution in [1.82, 2.24) is 0 Å². The van der Waals surface area contributed by atoms with Gasteiger partial charge in [-0.1, -0.05) is 115 Å². The highest BCUT2D eigenvalue weighted by Crippen LogP contribution is 2.15. The standard InChI is InChI=1S/C25H44O/c1-3-4-5-6-7-8-9-10-11-12-13-14-15-16-17-18-22-26-25-21-19-20-24(2)23-25/h19-21,23H,3-18,22H2,1-2H3. The number of benzene rings is 1. The summed E-state index contributed by atoms with van der Waals surface area (Å²) >= 11 is 0. The van der Waals surface area contributed by atoms with Gasteiger partial charge in [-0.3, -0.25) is 0 Å². The lowest BCUT2D eigenvalue weighted by molar-refractivity contribution is 0.304. The molecule has 0 N–H and O–H groups in total. The molecule has 0 fully saturated rings. The Morgan fingerprint density at radius 2 is 1.08 bits per heavy atom. The lowest BCUT2D eigenvalue weighted by Gasteiger charge is -2.07. The second kappa shape index (κ2) is 17.4. The molecule has 0 aliphatic carbocycles. The molecule has 0 amide bonds. The van der Waals surface area contributed by atoms with E-state index in [0.29, 0.717) is 0 Å². The van der Waals surface area contributed by atoms with Crippen LogP contribution in [0.4, 0.5) is 0 Å². The highest BCUT2D eigenvalue weighted by Gasteiger charge is 1.96. The van der Waals surface area contributed by atoms with E-state index in [-0.39, 0.29) is 0 Å². The maximum absolute atomic E-state index is 5.81. The fourth-order valence-corrected chi connectivity index (χ4v) is 3.55. The van der Waals surface area contributed by atoms with Crippen LogP contribution in [0, 0.1) is 6.92 Å². The first kappa shape index (κ1) is 23.1. The van der Waals surface area contributed by atoms with Crippen molar-refractivity contribution in [2.24, 2.45) is 0 Å². The zero-order chi connectivity index (χ0) is 18.7. The molecular weight excluding hydrogens is 316 g/mol. The van der Waals surface area contributed by atoms with Crippen molar-refractivity contribution >= 4 is 0 Å². The summed E-state index contributed by atoms with van der Waals surface area (Å²) in [7, 11) is 0. The molecule has 1 aromatic carbocycles. The number of hydrogen-bond donors (Lipinski definition) is 0. The van der Waals surface area contributed by atoms with Crippen molar-refractivity contribution in [2.45, 2.75) is 117 Å². The quantitative estimate of drug-likeness (QED) is 0.238. The van der Waals surface area contributed by atoms with Gasteiger partial charge in [0.15, 0.2) is 0 Å². The zero-order valence-corrected chi connectivity index (χ0v) is 17.7. The van der Waals surface area contributed by atoms with E-state index in [1.165, 1.54) is 108 Å². The molecule has 0 radical (unpaired) electrons. The number of rotatable bonds is 18.